The molecule has 20 heavy (non-hydrogen) atoms. The van der Waals surface area contributed by atoms with Crippen LogP contribution in [-0.2, 0) is 4.79 Å². The minimum absolute atomic E-state index is 0.0318. The number of benzene rings is 1. The second-order valence-corrected chi connectivity index (χ2v) is 4.58. The maximum atomic E-state index is 12.2. The molecule has 1 amide bonds. The van der Waals surface area contributed by atoms with Crippen LogP contribution >= 0.6 is 11.6 Å². The second kappa shape index (κ2) is 6.47. The first-order valence-electron chi connectivity index (χ1n) is 5.94. The van der Waals surface area contributed by atoms with Crippen LogP contribution in [0.25, 0.3) is 0 Å². The molecule has 0 aromatic heterocycles. The van der Waals surface area contributed by atoms with Gasteiger partial charge in [-0.1, -0.05) is 11.6 Å². The van der Waals surface area contributed by atoms with Crippen molar-refractivity contribution < 1.29 is 24.5 Å². The highest BCUT2D eigenvalue weighted by molar-refractivity contribution is 6.32. The van der Waals surface area contributed by atoms with Gasteiger partial charge in [0.25, 0.3) is 5.91 Å². The lowest BCUT2D eigenvalue weighted by Crippen LogP contribution is -2.40. The van der Waals surface area contributed by atoms with E-state index < -0.39 is 17.9 Å². The van der Waals surface area contributed by atoms with E-state index in [1.807, 2.05) is 0 Å². The van der Waals surface area contributed by atoms with E-state index in [1.165, 1.54) is 26.1 Å². The summed E-state index contributed by atoms with van der Waals surface area (Å²) in [5.41, 5.74) is 0.145. The van der Waals surface area contributed by atoms with Gasteiger partial charge in [0, 0.05) is 12.6 Å². The summed E-state index contributed by atoms with van der Waals surface area (Å²) in [5.74, 6) is -1.81. The van der Waals surface area contributed by atoms with Gasteiger partial charge in [-0.25, -0.2) is 4.79 Å². The fourth-order valence-electron chi connectivity index (χ4n) is 1.51. The Morgan fingerprint density at radius 1 is 1.45 bits per heavy atom. The number of aromatic hydroxyl groups is 1. The molecule has 0 fully saturated rings. The largest absolute Gasteiger partial charge is 0.503 e. The fourth-order valence-corrected chi connectivity index (χ4v) is 1.72. The Kier molecular flexibility index (Phi) is 5.21. The summed E-state index contributed by atoms with van der Waals surface area (Å²) in [5, 5.41) is 18.6. The van der Waals surface area contributed by atoms with Gasteiger partial charge in [0.05, 0.1) is 11.6 Å². The Labute approximate surface area is 121 Å². The molecule has 0 heterocycles. The third-order valence-corrected chi connectivity index (χ3v) is 3.12. The number of likely N-dealkylation sites (N-methyl/N-ethyl adjacent to an activating group) is 1. The fraction of sp³-hybridized carbons (Fsp3) is 0.385. The van der Waals surface area contributed by atoms with Crippen molar-refractivity contribution in [3.63, 3.8) is 0 Å². The zero-order valence-electron chi connectivity index (χ0n) is 11.4. The summed E-state index contributed by atoms with van der Waals surface area (Å²) < 4.78 is 5.17. The van der Waals surface area contributed by atoms with Crippen LogP contribution in [0.2, 0.25) is 5.02 Å². The van der Waals surface area contributed by atoms with Gasteiger partial charge in [-0.15, -0.1) is 0 Å². The van der Waals surface area contributed by atoms with E-state index in [2.05, 4.69) is 0 Å². The van der Waals surface area contributed by atoms with Gasteiger partial charge in [0.2, 0.25) is 0 Å². The third kappa shape index (κ3) is 3.33. The summed E-state index contributed by atoms with van der Waals surface area (Å²) in [4.78, 5) is 24.1. The molecule has 7 heteroatoms. The highest BCUT2D eigenvalue weighted by atomic mass is 35.5. The first-order chi connectivity index (χ1) is 9.29. The van der Waals surface area contributed by atoms with Gasteiger partial charge < -0.3 is 19.8 Å². The summed E-state index contributed by atoms with van der Waals surface area (Å²) in [7, 11) is 1.38. The molecular weight excluding hydrogens is 286 g/mol. The molecule has 110 valence electrons. The average molecular weight is 302 g/mol. The molecule has 0 radical (unpaired) electrons. The summed E-state index contributed by atoms with van der Waals surface area (Å²) >= 11 is 5.83. The van der Waals surface area contributed by atoms with Gasteiger partial charge in [-0.2, -0.15) is 0 Å². The van der Waals surface area contributed by atoms with Crippen LogP contribution in [-0.4, -0.2) is 46.7 Å². The Bertz CT molecular complexity index is 532. The molecule has 1 aromatic rings. The van der Waals surface area contributed by atoms with E-state index in [4.69, 9.17) is 21.4 Å². The lowest BCUT2D eigenvalue weighted by atomic mass is 10.1. The van der Waals surface area contributed by atoms with Crippen molar-refractivity contribution in [3.05, 3.63) is 22.7 Å². The molecule has 6 nitrogen and oxygen atoms in total. The van der Waals surface area contributed by atoms with Crippen LogP contribution in [0.15, 0.2) is 12.1 Å². The predicted octanol–water partition coefficient (Wildman–Crippen LogP) is 1.99. The van der Waals surface area contributed by atoms with Gasteiger partial charge >= 0.3 is 5.97 Å². The highest BCUT2D eigenvalue weighted by Gasteiger charge is 2.24. The van der Waals surface area contributed by atoms with Crippen molar-refractivity contribution in [1.82, 2.24) is 4.90 Å². The predicted molar refractivity (Wildman–Crippen MR) is 73.5 cm³/mol. The topological polar surface area (TPSA) is 87.1 Å². The molecule has 2 N–H and O–H groups in total. The number of hydrogen-bond acceptors (Lipinski definition) is 4. The number of ether oxygens (including phenoxy) is 1. The zero-order valence-corrected chi connectivity index (χ0v) is 12.1. The Balaban J connectivity index is 3.13. The van der Waals surface area contributed by atoms with Crippen molar-refractivity contribution in [2.45, 2.75) is 19.9 Å². The molecule has 1 atom stereocenters. The normalized spacial score (nSPS) is 11.8. The number of rotatable bonds is 5. The minimum Gasteiger partial charge on any atom is -0.503 e. The van der Waals surface area contributed by atoms with Crippen LogP contribution in [0.4, 0.5) is 0 Å². The van der Waals surface area contributed by atoms with Crippen LogP contribution in [0.1, 0.15) is 24.2 Å². The lowest BCUT2D eigenvalue weighted by molar-refractivity contribution is -0.141. The highest BCUT2D eigenvalue weighted by Crippen LogP contribution is 2.35. The maximum Gasteiger partial charge on any atom is 0.326 e. The molecule has 1 unspecified atom stereocenters. The van der Waals surface area contributed by atoms with E-state index >= 15 is 0 Å². The zero-order chi connectivity index (χ0) is 15.4. The first kappa shape index (κ1) is 16.1. The van der Waals surface area contributed by atoms with E-state index in [0.717, 1.165) is 4.90 Å². The SMILES string of the molecule is CCOc1cc(C(=O)N(C)C(C)C(=O)O)cc(Cl)c1O. The van der Waals surface area contributed by atoms with Gasteiger partial charge in [0.15, 0.2) is 11.5 Å². The molecule has 0 saturated carbocycles. The van der Waals surface area contributed by atoms with Crippen molar-refractivity contribution in [2.75, 3.05) is 13.7 Å². The van der Waals surface area contributed by atoms with Crippen LogP contribution in [0.5, 0.6) is 11.5 Å². The summed E-state index contributed by atoms with van der Waals surface area (Å²) in [6, 6.07) is 1.62. The monoisotopic (exact) mass is 301 g/mol. The molecular formula is C13H16ClNO5. The number of aliphatic carboxylic acids is 1. The molecule has 0 saturated heterocycles. The molecule has 0 aliphatic rings. The Morgan fingerprint density at radius 2 is 2.05 bits per heavy atom. The number of amides is 1. The number of carbonyl (C=O) groups excluding carboxylic acids is 1. The quantitative estimate of drug-likeness (QED) is 0.868. The van der Waals surface area contributed by atoms with E-state index in [1.54, 1.807) is 6.92 Å². The number of phenolic OH excluding ortho intramolecular Hbond substituents is 1. The number of hydrogen-bond donors (Lipinski definition) is 2. The van der Waals surface area contributed by atoms with E-state index in [0.29, 0.717) is 6.61 Å². The average Bonchev–Trinajstić information content (AvgIpc) is 2.41. The number of phenols is 1. The molecule has 0 bridgehead atoms. The Hall–Kier alpha value is -1.95. The number of halogens is 1. The van der Waals surface area contributed by atoms with E-state index in [9.17, 15) is 14.7 Å². The number of carbonyl (C=O) groups is 2. The van der Waals surface area contributed by atoms with E-state index in [-0.39, 0.29) is 22.1 Å². The number of nitrogens with zero attached hydrogens (tertiary/aromatic N) is 1. The smallest absolute Gasteiger partial charge is 0.326 e. The van der Waals surface area contributed by atoms with Crippen LogP contribution in [0.3, 0.4) is 0 Å². The minimum atomic E-state index is -1.12. The van der Waals surface area contributed by atoms with Crippen molar-refractivity contribution in [3.8, 4) is 11.5 Å². The summed E-state index contributed by atoms with van der Waals surface area (Å²) in [6.07, 6.45) is 0. The van der Waals surface area contributed by atoms with Gasteiger partial charge in [-0.3, -0.25) is 4.79 Å². The number of carboxylic acids is 1. The molecule has 0 spiro atoms. The second-order valence-electron chi connectivity index (χ2n) is 4.17. The van der Waals surface area contributed by atoms with Crippen molar-refractivity contribution >= 4 is 23.5 Å². The van der Waals surface area contributed by atoms with Crippen molar-refractivity contribution in [2.24, 2.45) is 0 Å². The van der Waals surface area contributed by atoms with Gasteiger partial charge in [-0.05, 0) is 26.0 Å². The third-order valence-electron chi connectivity index (χ3n) is 2.83. The number of carboxylic acid groups (broad SMARTS) is 1. The van der Waals surface area contributed by atoms with Crippen LogP contribution < -0.4 is 4.74 Å². The van der Waals surface area contributed by atoms with Gasteiger partial charge in [0.1, 0.15) is 6.04 Å². The van der Waals surface area contributed by atoms with Crippen molar-refractivity contribution in [1.29, 1.82) is 0 Å². The molecule has 0 aliphatic carbocycles. The first-order valence-corrected chi connectivity index (χ1v) is 6.32. The Morgan fingerprint density at radius 3 is 2.55 bits per heavy atom. The van der Waals surface area contributed by atoms with Crippen LogP contribution in [0, 0.1) is 0 Å². The lowest BCUT2D eigenvalue weighted by Gasteiger charge is -2.22. The standard InChI is InChI=1S/C13H16ClNO5/c1-4-20-10-6-8(5-9(14)11(10)16)12(17)15(3)7(2)13(18)19/h5-7,16H,4H2,1-3H3,(H,18,19). The molecule has 1 aromatic carbocycles. The molecule has 0 aliphatic heterocycles. The summed E-state index contributed by atoms with van der Waals surface area (Å²) in [6.45, 7) is 3.41. The maximum absolute atomic E-state index is 12.2. The molecule has 1 rings (SSSR count).